The van der Waals surface area contributed by atoms with Crippen molar-refractivity contribution in [1.82, 2.24) is 20.2 Å². The molecule has 2 aliphatic rings. The molecule has 2 fully saturated rings. The van der Waals surface area contributed by atoms with E-state index in [-0.39, 0.29) is 23.8 Å². The number of aliphatic hydroxyl groups is 1. The third-order valence-electron chi connectivity index (χ3n) is 4.04. The molecule has 2 aliphatic heterocycles. The molecule has 4 atom stereocenters. The van der Waals surface area contributed by atoms with Crippen LogP contribution in [0.15, 0.2) is 0 Å². The summed E-state index contributed by atoms with van der Waals surface area (Å²) < 4.78 is 17.7. The third kappa shape index (κ3) is 2.27. The van der Waals surface area contributed by atoms with Gasteiger partial charge < -0.3 is 25.1 Å². The van der Waals surface area contributed by atoms with Crippen molar-refractivity contribution in [2.24, 2.45) is 0 Å². The zero-order valence-electron chi connectivity index (χ0n) is 12.5. The minimum Gasteiger partial charge on any atom is -0.394 e. The summed E-state index contributed by atoms with van der Waals surface area (Å²) in [5.41, 5.74) is 7.27. The topological polar surface area (TPSA) is 128 Å². The highest BCUT2D eigenvalue weighted by molar-refractivity contribution is 6.28. The number of aliphatic hydroxyl groups excluding tert-OH is 1. The molecule has 0 saturated carbocycles. The molecular formula is C13H16ClN5O4. The fraction of sp³-hybridized carbons (Fsp3) is 0.615. The van der Waals surface area contributed by atoms with Crippen LogP contribution < -0.4 is 5.73 Å². The van der Waals surface area contributed by atoms with E-state index in [1.54, 1.807) is 0 Å². The zero-order valence-corrected chi connectivity index (χ0v) is 13.2. The quantitative estimate of drug-likeness (QED) is 0.675. The Morgan fingerprint density at radius 2 is 2.00 bits per heavy atom. The lowest BCUT2D eigenvalue weighted by molar-refractivity contribution is -0.191. The SMILES string of the molecule is CC1(C)O[C@@H]2[C@H](O1)[C@@H](CO)O[C@H]2c1[nH]nc2c(N)nc(Cl)nc12. The molecule has 23 heavy (non-hydrogen) atoms. The Hall–Kier alpha value is -1.52. The first-order valence-corrected chi connectivity index (χ1v) is 7.56. The number of fused-ring (bicyclic) bond motifs is 2. The maximum atomic E-state index is 9.55. The van der Waals surface area contributed by atoms with Crippen LogP contribution in [-0.2, 0) is 14.2 Å². The minimum atomic E-state index is -0.758. The Labute approximate surface area is 136 Å². The van der Waals surface area contributed by atoms with Crippen LogP contribution in [0, 0.1) is 0 Å². The number of H-pyrrole nitrogens is 1. The summed E-state index contributed by atoms with van der Waals surface area (Å²) in [5.74, 6) is -0.577. The van der Waals surface area contributed by atoms with Gasteiger partial charge in [-0.3, -0.25) is 5.10 Å². The van der Waals surface area contributed by atoms with E-state index >= 15 is 0 Å². The molecule has 0 unspecified atom stereocenters. The highest BCUT2D eigenvalue weighted by Crippen LogP contribution is 2.45. The lowest BCUT2D eigenvalue weighted by atomic mass is 10.1. The number of anilines is 1. The van der Waals surface area contributed by atoms with E-state index in [2.05, 4.69) is 20.2 Å². The van der Waals surface area contributed by atoms with Crippen molar-refractivity contribution >= 4 is 28.5 Å². The molecule has 10 heteroatoms. The van der Waals surface area contributed by atoms with E-state index in [9.17, 15) is 5.11 Å². The second kappa shape index (κ2) is 4.99. The van der Waals surface area contributed by atoms with Gasteiger partial charge in [-0.1, -0.05) is 0 Å². The number of ether oxygens (including phenoxy) is 3. The van der Waals surface area contributed by atoms with Crippen molar-refractivity contribution in [1.29, 1.82) is 0 Å². The van der Waals surface area contributed by atoms with Gasteiger partial charge in [-0.05, 0) is 25.4 Å². The third-order valence-corrected chi connectivity index (χ3v) is 4.21. The van der Waals surface area contributed by atoms with Gasteiger partial charge in [0.1, 0.15) is 29.9 Å². The number of rotatable bonds is 2. The van der Waals surface area contributed by atoms with E-state index in [1.807, 2.05) is 13.8 Å². The van der Waals surface area contributed by atoms with Gasteiger partial charge >= 0.3 is 0 Å². The fourth-order valence-corrected chi connectivity index (χ4v) is 3.35. The summed E-state index contributed by atoms with van der Waals surface area (Å²) in [4.78, 5) is 8.06. The van der Waals surface area contributed by atoms with E-state index < -0.39 is 24.1 Å². The summed E-state index contributed by atoms with van der Waals surface area (Å²) in [7, 11) is 0. The number of aromatic amines is 1. The summed E-state index contributed by atoms with van der Waals surface area (Å²) in [6.07, 6.45) is -1.82. The Balaban J connectivity index is 1.79. The molecule has 2 aromatic rings. The second-order valence-corrected chi connectivity index (χ2v) is 6.39. The molecule has 4 N–H and O–H groups in total. The summed E-state index contributed by atoms with van der Waals surface area (Å²) >= 11 is 5.89. The van der Waals surface area contributed by atoms with Crippen molar-refractivity contribution in [2.75, 3.05) is 12.3 Å². The Morgan fingerprint density at radius 1 is 1.26 bits per heavy atom. The molecule has 9 nitrogen and oxygen atoms in total. The van der Waals surface area contributed by atoms with Crippen LogP contribution in [0.25, 0.3) is 11.0 Å². The number of nitrogens with two attached hydrogens (primary N) is 1. The van der Waals surface area contributed by atoms with Crippen molar-refractivity contribution in [3.05, 3.63) is 11.0 Å². The molecule has 0 bridgehead atoms. The smallest absolute Gasteiger partial charge is 0.225 e. The van der Waals surface area contributed by atoms with Crippen LogP contribution >= 0.6 is 11.6 Å². The molecule has 0 radical (unpaired) electrons. The zero-order chi connectivity index (χ0) is 16.4. The van der Waals surface area contributed by atoms with Crippen LogP contribution in [0.4, 0.5) is 5.82 Å². The van der Waals surface area contributed by atoms with Gasteiger partial charge in [0.2, 0.25) is 5.28 Å². The number of hydrogen-bond donors (Lipinski definition) is 3. The predicted octanol–water partition coefficient (Wildman–Crippen LogP) is 0.541. The number of nitrogens with zero attached hydrogens (tertiary/aromatic N) is 3. The van der Waals surface area contributed by atoms with Crippen molar-refractivity contribution in [2.45, 2.75) is 44.1 Å². The first kappa shape index (κ1) is 15.0. The lowest BCUT2D eigenvalue weighted by Gasteiger charge is -2.23. The van der Waals surface area contributed by atoms with Crippen LogP contribution in [0.2, 0.25) is 5.28 Å². The van der Waals surface area contributed by atoms with Gasteiger partial charge in [0, 0.05) is 0 Å². The minimum absolute atomic E-state index is 0.0230. The molecule has 0 amide bonds. The molecule has 0 spiro atoms. The summed E-state index contributed by atoms with van der Waals surface area (Å²) in [6, 6.07) is 0. The van der Waals surface area contributed by atoms with E-state index in [0.29, 0.717) is 16.7 Å². The molecule has 4 heterocycles. The average Bonchev–Trinajstić information content (AvgIpc) is 3.09. The maximum Gasteiger partial charge on any atom is 0.225 e. The van der Waals surface area contributed by atoms with Gasteiger partial charge in [-0.15, -0.1) is 0 Å². The molecule has 2 aromatic heterocycles. The van der Waals surface area contributed by atoms with Gasteiger partial charge in [-0.25, -0.2) is 4.98 Å². The van der Waals surface area contributed by atoms with Crippen molar-refractivity contribution < 1.29 is 19.3 Å². The highest BCUT2D eigenvalue weighted by Gasteiger charge is 2.56. The van der Waals surface area contributed by atoms with Gasteiger partial charge in [0.05, 0.1) is 12.3 Å². The molecular weight excluding hydrogens is 326 g/mol. The Bertz CT molecular complexity index is 766. The van der Waals surface area contributed by atoms with Crippen LogP contribution in [-0.4, -0.2) is 56.0 Å². The van der Waals surface area contributed by atoms with Gasteiger partial charge in [-0.2, -0.15) is 10.1 Å². The van der Waals surface area contributed by atoms with Crippen LogP contribution in [0.5, 0.6) is 0 Å². The molecule has 0 aliphatic carbocycles. The number of nitrogen functional groups attached to an aromatic ring is 1. The number of nitrogens with one attached hydrogen (secondary N) is 1. The largest absolute Gasteiger partial charge is 0.394 e. The summed E-state index contributed by atoms with van der Waals surface area (Å²) in [6.45, 7) is 3.46. The molecule has 124 valence electrons. The van der Waals surface area contributed by atoms with E-state index in [4.69, 9.17) is 31.5 Å². The van der Waals surface area contributed by atoms with E-state index in [1.165, 1.54) is 0 Å². The molecule has 4 rings (SSSR count). The second-order valence-electron chi connectivity index (χ2n) is 6.05. The first-order chi connectivity index (χ1) is 10.9. The standard InChI is InChI=1S/C13H16ClN5O4/c1-13(2)22-8-4(3-20)21-9(10(8)23-13)6-5-7(19-18-6)11(15)17-12(14)16-5/h4,8-10,20H,3H2,1-2H3,(H,18,19)(H2,15,16,17)/t4-,8-,9+,10-/m1/s1. The summed E-state index contributed by atoms with van der Waals surface area (Å²) in [5, 5.41) is 16.6. The van der Waals surface area contributed by atoms with Gasteiger partial charge in [0.25, 0.3) is 0 Å². The maximum absolute atomic E-state index is 9.55. The van der Waals surface area contributed by atoms with Crippen LogP contribution in [0.3, 0.4) is 0 Å². The van der Waals surface area contributed by atoms with Crippen LogP contribution in [0.1, 0.15) is 25.6 Å². The number of hydrogen-bond acceptors (Lipinski definition) is 8. The Kier molecular flexibility index (Phi) is 3.26. The molecule has 0 aromatic carbocycles. The highest BCUT2D eigenvalue weighted by atomic mass is 35.5. The van der Waals surface area contributed by atoms with Crippen molar-refractivity contribution in [3.8, 4) is 0 Å². The van der Waals surface area contributed by atoms with Crippen molar-refractivity contribution in [3.63, 3.8) is 0 Å². The number of halogens is 1. The average molecular weight is 342 g/mol. The lowest BCUT2D eigenvalue weighted by Crippen LogP contribution is -2.31. The first-order valence-electron chi connectivity index (χ1n) is 7.18. The Morgan fingerprint density at radius 3 is 2.74 bits per heavy atom. The monoisotopic (exact) mass is 341 g/mol. The van der Waals surface area contributed by atoms with E-state index in [0.717, 1.165) is 0 Å². The number of aromatic nitrogens is 4. The predicted molar refractivity (Wildman–Crippen MR) is 79.6 cm³/mol. The molecule has 2 saturated heterocycles. The normalized spacial score (nSPS) is 32.5. The van der Waals surface area contributed by atoms with Gasteiger partial charge in [0.15, 0.2) is 17.1 Å². The fourth-order valence-electron chi connectivity index (χ4n) is 3.17.